The fraction of sp³-hybridized carbons (Fsp3) is 0.143. The first-order valence-corrected chi connectivity index (χ1v) is 3.43. The van der Waals surface area contributed by atoms with Crippen LogP contribution in [0.3, 0.4) is 0 Å². The fourth-order valence-electron chi connectivity index (χ4n) is 0.899. The SMILES string of the molecule is Cc1cc([N+](=O)[O-])ncc1C(N)=O. The Labute approximate surface area is 73.5 Å². The summed E-state index contributed by atoms with van der Waals surface area (Å²) in [6.07, 6.45) is 1.11. The fourth-order valence-corrected chi connectivity index (χ4v) is 0.899. The molecule has 0 aliphatic rings. The van der Waals surface area contributed by atoms with Crippen LogP contribution in [0.25, 0.3) is 0 Å². The van der Waals surface area contributed by atoms with Gasteiger partial charge in [0, 0.05) is 6.07 Å². The minimum Gasteiger partial charge on any atom is -0.365 e. The zero-order valence-electron chi connectivity index (χ0n) is 6.85. The van der Waals surface area contributed by atoms with E-state index in [2.05, 4.69) is 4.98 Å². The lowest BCUT2D eigenvalue weighted by Crippen LogP contribution is -2.13. The summed E-state index contributed by atoms with van der Waals surface area (Å²) in [6.45, 7) is 1.56. The quantitative estimate of drug-likeness (QED) is 0.527. The van der Waals surface area contributed by atoms with Gasteiger partial charge in [0.1, 0.15) is 0 Å². The molecular weight excluding hydrogens is 174 g/mol. The second-order valence-corrected chi connectivity index (χ2v) is 2.48. The molecular formula is C7H7N3O3. The average molecular weight is 181 g/mol. The van der Waals surface area contributed by atoms with E-state index in [1.165, 1.54) is 6.07 Å². The van der Waals surface area contributed by atoms with Crippen LogP contribution in [0.1, 0.15) is 15.9 Å². The molecule has 0 unspecified atom stereocenters. The van der Waals surface area contributed by atoms with E-state index in [-0.39, 0.29) is 11.4 Å². The zero-order chi connectivity index (χ0) is 10.0. The molecule has 0 aromatic carbocycles. The average Bonchev–Trinajstić information content (AvgIpc) is 2.03. The van der Waals surface area contributed by atoms with Crippen LogP contribution in [-0.4, -0.2) is 15.8 Å². The van der Waals surface area contributed by atoms with Gasteiger partial charge >= 0.3 is 5.82 Å². The molecule has 0 aliphatic carbocycles. The lowest BCUT2D eigenvalue weighted by atomic mass is 10.1. The highest BCUT2D eigenvalue weighted by molar-refractivity contribution is 5.94. The van der Waals surface area contributed by atoms with Gasteiger partial charge in [0.2, 0.25) is 0 Å². The number of carbonyl (C=O) groups is 1. The first kappa shape index (κ1) is 9.11. The number of amides is 1. The van der Waals surface area contributed by atoms with Gasteiger partial charge in [-0.2, -0.15) is 0 Å². The number of hydrogen-bond acceptors (Lipinski definition) is 4. The molecule has 0 saturated carbocycles. The van der Waals surface area contributed by atoms with Crippen molar-refractivity contribution in [3.8, 4) is 0 Å². The van der Waals surface area contributed by atoms with Gasteiger partial charge in [0.25, 0.3) is 5.91 Å². The third-order valence-electron chi connectivity index (χ3n) is 1.55. The summed E-state index contributed by atoms with van der Waals surface area (Å²) in [6, 6.07) is 1.21. The number of primary amides is 1. The Morgan fingerprint density at radius 2 is 2.31 bits per heavy atom. The highest BCUT2D eigenvalue weighted by atomic mass is 16.6. The Morgan fingerprint density at radius 3 is 2.69 bits per heavy atom. The molecule has 1 amide bonds. The molecule has 0 atom stereocenters. The Balaban J connectivity index is 3.20. The first-order valence-electron chi connectivity index (χ1n) is 3.43. The second kappa shape index (κ2) is 3.18. The number of aryl methyl sites for hydroxylation is 1. The van der Waals surface area contributed by atoms with Gasteiger partial charge < -0.3 is 15.8 Å². The van der Waals surface area contributed by atoms with Crippen molar-refractivity contribution in [3.05, 3.63) is 33.5 Å². The van der Waals surface area contributed by atoms with Crippen molar-refractivity contribution < 1.29 is 9.72 Å². The van der Waals surface area contributed by atoms with Gasteiger partial charge in [-0.05, 0) is 22.4 Å². The molecule has 1 heterocycles. The minimum absolute atomic E-state index is 0.200. The number of carbonyl (C=O) groups excluding carboxylic acids is 1. The number of pyridine rings is 1. The molecule has 1 aromatic heterocycles. The van der Waals surface area contributed by atoms with E-state index in [4.69, 9.17) is 5.73 Å². The molecule has 6 nitrogen and oxygen atoms in total. The second-order valence-electron chi connectivity index (χ2n) is 2.48. The van der Waals surface area contributed by atoms with Crippen molar-refractivity contribution in [1.29, 1.82) is 0 Å². The van der Waals surface area contributed by atoms with Gasteiger partial charge in [-0.15, -0.1) is 0 Å². The van der Waals surface area contributed by atoms with Crippen LogP contribution >= 0.6 is 0 Å². The summed E-state index contributed by atoms with van der Waals surface area (Å²) in [5.74, 6) is -0.928. The maximum Gasteiger partial charge on any atom is 0.363 e. The molecule has 0 spiro atoms. The zero-order valence-corrected chi connectivity index (χ0v) is 6.85. The summed E-state index contributed by atoms with van der Waals surface area (Å²) in [7, 11) is 0. The van der Waals surface area contributed by atoms with E-state index >= 15 is 0 Å². The van der Waals surface area contributed by atoms with E-state index in [9.17, 15) is 14.9 Å². The van der Waals surface area contributed by atoms with E-state index in [1.807, 2.05) is 0 Å². The van der Waals surface area contributed by atoms with Crippen molar-refractivity contribution in [1.82, 2.24) is 4.98 Å². The van der Waals surface area contributed by atoms with E-state index in [0.29, 0.717) is 5.56 Å². The van der Waals surface area contributed by atoms with Crippen LogP contribution in [0.15, 0.2) is 12.3 Å². The Kier molecular flexibility index (Phi) is 2.23. The molecule has 0 saturated heterocycles. The third-order valence-corrected chi connectivity index (χ3v) is 1.55. The summed E-state index contributed by atoms with van der Waals surface area (Å²) >= 11 is 0. The number of nitrogens with two attached hydrogens (primary N) is 1. The molecule has 68 valence electrons. The Hall–Kier alpha value is -1.98. The molecule has 0 fully saturated rings. The maximum atomic E-state index is 10.7. The minimum atomic E-state index is -0.639. The van der Waals surface area contributed by atoms with Crippen LogP contribution in [-0.2, 0) is 0 Å². The van der Waals surface area contributed by atoms with Crippen LogP contribution in [0, 0.1) is 17.0 Å². The van der Waals surface area contributed by atoms with Crippen LogP contribution in [0.4, 0.5) is 5.82 Å². The predicted molar refractivity (Wildman–Crippen MR) is 44.1 cm³/mol. The van der Waals surface area contributed by atoms with Gasteiger partial charge in [0.15, 0.2) is 6.20 Å². The van der Waals surface area contributed by atoms with E-state index in [0.717, 1.165) is 6.20 Å². The summed E-state index contributed by atoms with van der Waals surface area (Å²) in [5.41, 5.74) is 5.64. The summed E-state index contributed by atoms with van der Waals surface area (Å²) in [5, 5.41) is 10.3. The number of aromatic nitrogens is 1. The molecule has 13 heavy (non-hydrogen) atoms. The standard InChI is InChI=1S/C7H7N3O3/c1-4-2-6(10(12)13)9-3-5(4)7(8)11/h2-3H,1H3,(H2,8,11). The van der Waals surface area contributed by atoms with Crippen molar-refractivity contribution >= 4 is 11.7 Å². The predicted octanol–water partition coefficient (Wildman–Crippen LogP) is 0.397. The maximum absolute atomic E-state index is 10.7. The van der Waals surface area contributed by atoms with Gasteiger partial charge in [-0.1, -0.05) is 0 Å². The largest absolute Gasteiger partial charge is 0.365 e. The molecule has 0 bridgehead atoms. The number of rotatable bonds is 2. The van der Waals surface area contributed by atoms with Crippen LogP contribution in [0.2, 0.25) is 0 Å². The summed E-state index contributed by atoms with van der Waals surface area (Å²) < 4.78 is 0. The van der Waals surface area contributed by atoms with E-state index in [1.54, 1.807) is 6.92 Å². The number of hydrogen-bond donors (Lipinski definition) is 1. The number of nitro groups is 1. The normalized spacial score (nSPS) is 9.62. The highest BCUT2D eigenvalue weighted by Gasteiger charge is 2.13. The lowest BCUT2D eigenvalue weighted by Gasteiger charge is -1.97. The lowest BCUT2D eigenvalue weighted by molar-refractivity contribution is -0.389. The molecule has 0 radical (unpaired) electrons. The molecule has 1 aromatic rings. The van der Waals surface area contributed by atoms with Crippen molar-refractivity contribution in [3.63, 3.8) is 0 Å². The van der Waals surface area contributed by atoms with E-state index < -0.39 is 10.8 Å². The Morgan fingerprint density at radius 1 is 1.69 bits per heavy atom. The van der Waals surface area contributed by atoms with Crippen LogP contribution in [0.5, 0.6) is 0 Å². The van der Waals surface area contributed by atoms with Crippen molar-refractivity contribution in [2.24, 2.45) is 5.73 Å². The molecule has 0 aliphatic heterocycles. The van der Waals surface area contributed by atoms with Gasteiger partial charge in [0.05, 0.1) is 5.56 Å². The van der Waals surface area contributed by atoms with Gasteiger partial charge in [-0.25, -0.2) is 0 Å². The third kappa shape index (κ3) is 1.78. The monoisotopic (exact) mass is 181 g/mol. The summed E-state index contributed by atoms with van der Waals surface area (Å²) in [4.78, 5) is 23.8. The van der Waals surface area contributed by atoms with Crippen LogP contribution < -0.4 is 5.73 Å². The topological polar surface area (TPSA) is 99.1 Å². The smallest absolute Gasteiger partial charge is 0.363 e. The molecule has 6 heteroatoms. The Bertz CT molecular complexity index is 375. The van der Waals surface area contributed by atoms with Gasteiger partial charge in [-0.3, -0.25) is 4.79 Å². The highest BCUT2D eigenvalue weighted by Crippen LogP contribution is 2.12. The number of nitrogens with zero attached hydrogens (tertiary/aromatic N) is 2. The molecule has 2 N–H and O–H groups in total. The molecule has 1 rings (SSSR count). The van der Waals surface area contributed by atoms with Crippen molar-refractivity contribution in [2.45, 2.75) is 6.92 Å². The first-order chi connectivity index (χ1) is 6.02. The van der Waals surface area contributed by atoms with Crippen molar-refractivity contribution in [2.75, 3.05) is 0 Å².